The number of anilines is 1. The molecule has 3 nitrogen and oxygen atoms in total. The van der Waals surface area contributed by atoms with Crippen LogP contribution < -0.4 is 5.32 Å². The fourth-order valence-corrected chi connectivity index (χ4v) is 1.84. The van der Waals surface area contributed by atoms with E-state index in [2.05, 4.69) is 10.3 Å². The molecule has 0 saturated heterocycles. The highest BCUT2D eigenvalue weighted by Crippen LogP contribution is 2.20. The van der Waals surface area contributed by atoms with Gasteiger partial charge in [0, 0.05) is 11.8 Å². The normalized spacial score (nSPS) is 10.4. The zero-order valence-electron chi connectivity index (χ0n) is 10.6. The van der Waals surface area contributed by atoms with Crippen LogP contribution in [0.2, 0.25) is 5.15 Å². The van der Waals surface area contributed by atoms with E-state index < -0.39 is 17.5 Å². The van der Waals surface area contributed by atoms with Crippen molar-refractivity contribution in [3.8, 4) is 0 Å². The van der Waals surface area contributed by atoms with E-state index in [9.17, 15) is 13.6 Å². The smallest absolute Gasteiger partial charge is 0.228 e. The molecule has 6 heteroatoms. The maximum Gasteiger partial charge on any atom is 0.228 e. The Morgan fingerprint density at radius 2 is 2.15 bits per heavy atom. The number of hydrogen-bond acceptors (Lipinski definition) is 2. The molecule has 2 aromatic rings. The van der Waals surface area contributed by atoms with Gasteiger partial charge in [-0.15, -0.1) is 0 Å². The van der Waals surface area contributed by atoms with E-state index in [1.165, 1.54) is 12.1 Å². The average Bonchev–Trinajstić information content (AvgIpc) is 2.39. The van der Waals surface area contributed by atoms with Crippen molar-refractivity contribution in [2.75, 3.05) is 5.32 Å². The third-order valence-electron chi connectivity index (χ3n) is 2.63. The zero-order valence-corrected chi connectivity index (χ0v) is 11.3. The number of rotatable bonds is 3. The summed E-state index contributed by atoms with van der Waals surface area (Å²) in [6.07, 6.45) is 1.28. The Morgan fingerprint density at radius 1 is 1.40 bits per heavy atom. The molecular weight excluding hydrogens is 286 g/mol. The van der Waals surface area contributed by atoms with Crippen LogP contribution in [0.25, 0.3) is 0 Å². The van der Waals surface area contributed by atoms with Gasteiger partial charge in [0.05, 0.1) is 12.1 Å². The molecule has 1 amide bonds. The predicted octanol–water partition coefficient (Wildman–Crippen LogP) is 3.50. The first kappa shape index (κ1) is 14.4. The van der Waals surface area contributed by atoms with Crippen molar-refractivity contribution < 1.29 is 13.6 Å². The number of aryl methyl sites for hydroxylation is 1. The Bertz CT molecular complexity index is 656. The molecule has 0 atom stereocenters. The van der Waals surface area contributed by atoms with Gasteiger partial charge in [-0.25, -0.2) is 13.8 Å². The van der Waals surface area contributed by atoms with E-state index in [-0.39, 0.29) is 17.1 Å². The van der Waals surface area contributed by atoms with Crippen LogP contribution >= 0.6 is 11.6 Å². The van der Waals surface area contributed by atoms with E-state index in [4.69, 9.17) is 11.6 Å². The first-order valence-electron chi connectivity index (χ1n) is 5.82. The quantitative estimate of drug-likeness (QED) is 0.881. The number of halogens is 3. The molecule has 0 radical (unpaired) electrons. The number of aromatic nitrogens is 1. The van der Waals surface area contributed by atoms with Gasteiger partial charge in [0.1, 0.15) is 0 Å². The molecule has 0 saturated carbocycles. The SMILES string of the molecule is Cc1cnc(Cl)c(NC(=O)Cc2cccc(F)c2F)c1. The van der Waals surface area contributed by atoms with Crippen LogP contribution in [-0.4, -0.2) is 10.9 Å². The third kappa shape index (κ3) is 3.30. The number of amides is 1. The molecule has 1 aromatic heterocycles. The van der Waals surface area contributed by atoms with Gasteiger partial charge in [-0.1, -0.05) is 23.7 Å². The summed E-state index contributed by atoms with van der Waals surface area (Å²) in [6.45, 7) is 1.80. The van der Waals surface area contributed by atoms with Gasteiger partial charge in [-0.3, -0.25) is 4.79 Å². The number of benzene rings is 1. The highest BCUT2D eigenvalue weighted by molar-refractivity contribution is 6.32. The topological polar surface area (TPSA) is 42.0 Å². The molecule has 1 heterocycles. The lowest BCUT2D eigenvalue weighted by Gasteiger charge is -2.08. The first-order chi connectivity index (χ1) is 9.47. The summed E-state index contributed by atoms with van der Waals surface area (Å²) in [6, 6.07) is 5.35. The van der Waals surface area contributed by atoms with Crippen molar-refractivity contribution >= 4 is 23.2 Å². The van der Waals surface area contributed by atoms with Crippen molar-refractivity contribution in [1.29, 1.82) is 0 Å². The molecule has 104 valence electrons. The Kier molecular flexibility index (Phi) is 4.29. The largest absolute Gasteiger partial charge is 0.323 e. The van der Waals surface area contributed by atoms with E-state index in [1.54, 1.807) is 19.2 Å². The van der Waals surface area contributed by atoms with Crippen LogP contribution in [0.5, 0.6) is 0 Å². The lowest BCUT2D eigenvalue weighted by molar-refractivity contribution is -0.115. The highest BCUT2D eigenvalue weighted by Gasteiger charge is 2.13. The Balaban J connectivity index is 2.13. The standard InChI is InChI=1S/C14H11ClF2N2O/c1-8-5-11(14(15)18-7-8)19-12(20)6-9-3-2-4-10(16)13(9)17/h2-5,7H,6H2,1H3,(H,19,20). The Hall–Kier alpha value is -2.01. The van der Waals surface area contributed by atoms with Crippen LogP contribution in [0.4, 0.5) is 14.5 Å². The number of nitrogens with zero attached hydrogens (tertiary/aromatic N) is 1. The number of nitrogens with one attached hydrogen (secondary N) is 1. The minimum atomic E-state index is -1.02. The average molecular weight is 297 g/mol. The summed E-state index contributed by atoms with van der Waals surface area (Å²) in [4.78, 5) is 15.7. The third-order valence-corrected chi connectivity index (χ3v) is 2.93. The van der Waals surface area contributed by atoms with Gasteiger partial charge in [-0.2, -0.15) is 0 Å². The molecule has 1 N–H and O–H groups in total. The van der Waals surface area contributed by atoms with Gasteiger partial charge < -0.3 is 5.32 Å². The van der Waals surface area contributed by atoms with E-state index >= 15 is 0 Å². The molecule has 2 rings (SSSR count). The van der Waals surface area contributed by atoms with Crippen LogP contribution in [0.15, 0.2) is 30.5 Å². The van der Waals surface area contributed by atoms with Crippen LogP contribution in [0.1, 0.15) is 11.1 Å². The maximum absolute atomic E-state index is 13.5. The molecule has 0 spiro atoms. The molecule has 0 aliphatic rings. The number of pyridine rings is 1. The number of carbonyl (C=O) groups is 1. The van der Waals surface area contributed by atoms with Gasteiger partial charge in [0.2, 0.25) is 5.91 Å². The minimum Gasteiger partial charge on any atom is -0.323 e. The van der Waals surface area contributed by atoms with Gasteiger partial charge >= 0.3 is 0 Å². The first-order valence-corrected chi connectivity index (χ1v) is 6.20. The van der Waals surface area contributed by atoms with Crippen molar-refractivity contribution in [2.24, 2.45) is 0 Å². The summed E-state index contributed by atoms with van der Waals surface area (Å²) in [5, 5.41) is 2.67. The lowest BCUT2D eigenvalue weighted by atomic mass is 10.1. The number of carbonyl (C=O) groups excluding carboxylic acids is 1. The van der Waals surface area contributed by atoms with Crippen molar-refractivity contribution in [3.05, 3.63) is 58.4 Å². The molecular formula is C14H11ClF2N2O. The van der Waals surface area contributed by atoms with Crippen molar-refractivity contribution in [3.63, 3.8) is 0 Å². The highest BCUT2D eigenvalue weighted by atomic mass is 35.5. The minimum absolute atomic E-state index is 0.0146. The van der Waals surface area contributed by atoms with E-state index in [0.717, 1.165) is 11.6 Å². The second kappa shape index (κ2) is 5.96. The molecule has 1 aromatic carbocycles. The van der Waals surface area contributed by atoms with Gasteiger partial charge in [0.25, 0.3) is 0 Å². The summed E-state index contributed by atoms with van der Waals surface area (Å²) in [7, 11) is 0. The predicted molar refractivity (Wildman–Crippen MR) is 72.7 cm³/mol. The summed E-state index contributed by atoms with van der Waals surface area (Å²) in [5.41, 5.74) is 1.15. The van der Waals surface area contributed by atoms with Gasteiger partial charge in [0.15, 0.2) is 16.8 Å². The lowest BCUT2D eigenvalue weighted by Crippen LogP contribution is -2.16. The molecule has 0 aliphatic carbocycles. The molecule has 0 unspecified atom stereocenters. The van der Waals surface area contributed by atoms with E-state index in [1.807, 2.05) is 0 Å². The van der Waals surface area contributed by atoms with Gasteiger partial charge in [-0.05, 0) is 24.6 Å². The Morgan fingerprint density at radius 3 is 2.90 bits per heavy atom. The maximum atomic E-state index is 13.5. The van der Waals surface area contributed by atoms with Crippen molar-refractivity contribution in [1.82, 2.24) is 4.98 Å². The molecule has 0 fully saturated rings. The summed E-state index contributed by atoms with van der Waals surface area (Å²) in [5.74, 6) is -2.49. The molecule has 0 aliphatic heterocycles. The summed E-state index contributed by atoms with van der Waals surface area (Å²) < 4.78 is 26.5. The zero-order chi connectivity index (χ0) is 14.7. The molecule has 0 bridgehead atoms. The summed E-state index contributed by atoms with van der Waals surface area (Å²) >= 11 is 5.84. The Labute approximate surface area is 119 Å². The van der Waals surface area contributed by atoms with Crippen LogP contribution in [-0.2, 0) is 11.2 Å². The second-order valence-corrected chi connectivity index (χ2v) is 4.65. The van der Waals surface area contributed by atoms with Crippen LogP contribution in [0.3, 0.4) is 0 Å². The fourth-order valence-electron chi connectivity index (χ4n) is 1.69. The second-order valence-electron chi connectivity index (χ2n) is 4.29. The number of hydrogen-bond donors (Lipinski definition) is 1. The fraction of sp³-hybridized carbons (Fsp3) is 0.143. The van der Waals surface area contributed by atoms with Crippen LogP contribution in [0, 0.1) is 18.6 Å². The van der Waals surface area contributed by atoms with E-state index in [0.29, 0.717) is 5.69 Å². The van der Waals surface area contributed by atoms with Crippen molar-refractivity contribution in [2.45, 2.75) is 13.3 Å². The monoisotopic (exact) mass is 296 g/mol. The molecule has 20 heavy (non-hydrogen) atoms.